The van der Waals surface area contributed by atoms with Gasteiger partial charge in [-0.25, -0.2) is 4.98 Å². The highest BCUT2D eigenvalue weighted by Crippen LogP contribution is 2.29. The maximum Gasteiger partial charge on any atom is 0.238 e. The number of hydrogen-bond donors (Lipinski definition) is 1. The molecule has 1 N–H and O–H groups in total. The number of fused-ring (bicyclic) bond motifs is 1. The first-order chi connectivity index (χ1) is 11.1. The van der Waals surface area contributed by atoms with E-state index in [-0.39, 0.29) is 11.8 Å². The molecule has 3 rings (SSSR count). The van der Waals surface area contributed by atoms with Gasteiger partial charge in [0.05, 0.1) is 21.7 Å². The van der Waals surface area contributed by atoms with Crippen molar-refractivity contribution < 1.29 is 9.59 Å². The van der Waals surface area contributed by atoms with Crippen molar-refractivity contribution in [1.82, 2.24) is 15.2 Å². The second kappa shape index (κ2) is 7.61. The Hall–Kier alpha value is -1.16. The predicted molar refractivity (Wildman–Crippen MR) is 100 cm³/mol. The normalized spacial score (nSPS) is 14.7. The molecular weight excluding hydrogens is 370 g/mol. The van der Waals surface area contributed by atoms with Crippen LogP contribution in [0.3, 0.4) is 0 Å². The van der Waals surface area contributed by atoms with E-state index in [0.717, 1.165) is 14.6 Å². The zero-order valence-corrected chi connectivity index (χ0v) is 15.2. The van der Waals surface area contributed by atoms with Gasteiger partial charge in [-0.3, -0.25) is 14.5 Å². The monoisotopic (exact) mass is 383 g/mol. The molecule has 1 saturated heterocycles. The average Bonchev–Trinajstić information content (AvgIpc) is 3.10. The topological polar surface area (TPSA) is 62.3 Å². The second-order valence-electron chi connectivity index (χ2n) is 4.69. The lowest BCUT2D eigenvalue weighted by Gasteiger charge is -2.14. The highest BCUT2D eigenvalue weighted by Gasteiger charge is 2.25. The smallest absolute Gasteiger partial charge is 0.238 e. The number of nitrogens with zero attached hydrogens (tertiary/aromatic N) is 2. The number of thioether (sulfide) groups is 2. The van der Waals surface area contributed by atoms with Gasteiger partial charge in [-0.05, 0) is 12.1 Å². The third-order valence-electron chi connectivity index (χ3n) is 3.10. The van der Waals surface area contributed by atoms with Gasteiger partial charge in [0.1, 0.15) is 4.32 Å². The molecule has 0 unspecified atom stereocenters. The number of hydrogen-bond acceptors (Lipinski definition) is 7. The third-order valence-corrected chi connectivity index (χ3v) is 6.71. The highest BCUT2D eigenvalue weighted by molar-refractivity contribution is 8.23. The third kappa shape index (κ3) is 4.23. The summed E-state index contributed by atoms with van der Waals surface area (Å²) in [5.41, 5.74) is 0.957. The number of para-hydroxylation sites is 1. The van der Waals surface area contributed by atoms with E-state index in [1.807, 2.05) is 24.3 Å². The van der Waals surface area contributed by atoms with Crippen LogP contribution in [0, 0.1) is 0 Å². The molecule has 2 heterocycles. The lowest BCUT2D eigenvalue weighted by molar-refractivity contribution is -0.124. The van der Waals surface area contributed by atoms with Crippen LogP contribution in [0.2, 0.25) is 0 Å². The van der Waals surface area contributed by atoms with Crippen molar-refractivity contribution in [3.63, 3.8) is 0 Å². The van der Waals surface area contributed by atoms with Crippen molar-refractivity contribution in [2.24, 2.45) is 0 Å². The molecule has 1 aliphatic rings. The maximum absolute atomic E-state index is 11.9. The summed E-state index contributed by atoms with van der Waals surface area (Å²) < 4.78 is 2.59. The van der Waals surface area contributed by atoms with Gasteiger partial charge in [-0.2, -0.15) is 0 Å². The Morgan fingerprint density at radius 1 is 1.43 bits per heavy atom. The minimum Gasteiger partial charge on any atom is -0.354 e. The van der Waals surface area contributed by atoms with Crippen LogP contribution in [0.1, 0.15) is 0 Å². The summed E-state index contributed by atoms with van der Waals surface area (Å²) in [6.07, 6.45) is 0. The Morgan fingerprint density at radius 3 is 3.00 bits per heavy atom. The molecule has 120 valence electrons. The molecule has 1 aromatic heterocycles. The summed E-state index contributed by atoms with van der Waals surface area (Å²) in [6.45, 7) is 0.841. The molecule has 1 aliphatic heterocycles. The molecular formula is C14H13N3O2S4. The molecule has 23 heavy (non-hydrogen) atoms. The van der Waals surface area contributed by atoms with Crippen molar-refractivity contribution in [2.75, 3.05) is 24.6 Å². The molecule has 1 aromatic carbocycles. The Morgan fingerprint density at radius 2 is 2.26 bits per heavy atom. The van der Waals surface area contributed by atoms with Gasteiger partial charge in [-0.15, -0.1) is 11.3 Å². The standard InChI is InChI=1S/C14H13N3O2S4/c18-11(15-5-6-17-12(19)8-22-14(17)20)7-21-13-16-9-3-1-2-4-10(9)23-13/h1-4H,5-8H2,(H,15,18). The van der Waals surface area contributed by atoms with Crippen LogP contribution in [0.4, 0.5) is 0 Å². The number of thiocarbonyl (C=S) groups is 1. The summed E-state index contributed by atoms with van der Waals surface area (Å²) in [6, 6.07) is 7.91. The quantitative estimate of drug-likeness (QED) is 0.610. The number of amides is 2. The fourth-order valence-corrected chi connectivity index (χ4v) is 5.02. The fourth-order valence-electron chi connectivity index (χ4n) is 2.00. The van der Waals surface area contributed by atoms with Crippen LogP contribution in [0.15, 0.2) is 28.6 Å². The Bertz CT molecular complexity index is 712. The van der Waals surface area contributed by atoms with Crippen molar-refractivity contribution in [2.45, 2.75) is 4.34 Å². The number of nitrogens with one attached hydrogen (secondary N) is 1. The summed E-state index contributed by atoms with van der Waals surface area (Å²) >= 11 is 9.46. The number of carbonyl (C=O) groups excluding carboxylic acids is 2. The SMILES string of the molecule is O=C(CSc1nc2ccccc2s1)NCCN1C(=O)CSC1=S. The van der Waals surface area contributed by atoms with E-state index in [1.54, 1.807) is 16.2 Å². The van der Waals surface area contributed by atoms with E-state index in [2.05, 4.69) is 10.3 Å². The first-order valence-electron chi connectivity index (χ1n) is 6.85. The minimum absolute atomic E-state index is 0.0121. The minimum atomic E-state index is -0.0699. The van der Waals surface area contributed by atoms with Gasteiger partial charge in [-0.1, -0.05) is 47.9 Å². The summed E-state index contributed by atoms with van der Waals surface area (Å²) in [7, 11) is 0. The molecule has 0 radical (unpaired) electrons. The summed E-state index contributed by atoms with van der Waals surface area (Å²) in [5.74, 6) is 0.658. The van der Waals surface area contributed by atoms with E-state index in [9.17, 15) is 9.59 Å². The van der Waals surface area contributed by atoms with E-state index in [1.165, 1.54) is 23.5 Å². The highest BCUT2D eigenvalue weighted by atomic mass is 32.2. The molecule has 0 atom stereocenters. The van der Waals surface area contributed by atoms with Gasteiger partial charge >= 0.3 is 0 Å². The Labute approximate surface area is 151 Å². The molecule has 0 aliphatic carbocycles. The lowest BCUT2D eigenvalue weighted by Crippen LogP contribution is -2.37. The molecule has 9 heteroatoms. The van der Waals surface area contributed by atoms with Gasteiger partial charge in [0, 0.05) is 13.1 Å². The molecule has 2 amide bonds. The van der Waals surface area contributed by atoms with E-state index in [4.69, 9.17) is 12.2 Å². The zero-order chi connectivity index (χ0) is 16.2. The van der Waals surface area contributed by atoms with Crippen LogP contribution in [0.5, 0.6) is 0 Å². The Kier molecular flexibility index (Phi) is 5.52. The van der Waals surface area contributed by atoms with E-state index < -0.39 is 0 Å². The van der Waals surface area contributed by atoms with Crippen molar-refractivity contribution in [1.29, 1.82) is 0 Å². The number of benzene rings is 1. The van der Waals surface area contributed by atoms with Gasteiger partial charge in [0.25, 0.3) is 0 Å². The van der Waals surface area contributed by atoms with Gasteiger partial charge in [0.15, 0.2) is 4.34 Å². The maximum atomic E-state index is 11.9. The first-order valence-corrected chi connectivity index (χ1v) is 10.1. The van der Waals surface area contributed by atoms with Crippen molar-refractivity contribution in [3.8, 4) is 0 Å². The van der Waals surface area contributed by atoms with E-state index >= 15 is 0 Å². The lowest BCUT2D eigenvalue weighted by atomic mass is 10.3. The van der Waals surface area contributed by atoms with Crippen LogP contribution in [-0.2, 0) is 9.59 Å². The molecule has 0 spiro atoms. The summed E-state index contributed by atoms with van der Waals surface area (Å²) in [5, 5.41) is 2.81. The molecule has 0 bridgehead atoms. The molecule has 2 aromatic rings. The van der Waals surface area contributed by atoms with Gasteiger partial charge in [0.2, 0.25) is 11.8 Å². The molecule has 0 saturated carbocycles. The second-order valence-corrected chi connectivity index (χ2v) is 8.55. The predicted octanol–water partition coefficient (Wildman–Crippen LogP) is 2.36. The summed E-state index contributed by atoms with van der Waals surface area (Å²) in [4.78, 5) is 29.4. The molecule has 5 nitrogen and oxygen atoms in total. The number of thiazole rings is 1. The van der Waals surface area contributed by atoms with Crippen molar-refractivity contribution >= 4 is 73.4 Å². The zero-order valence-electron chi connectivity index (χ0n) is 12.0. The Balaban J connectivity index is 1.42. The number of carbonyl (C=O) groups is 2. The van der Waals surface area contributed by atoms with E-state index in [0.29, 0.717) is 28.9 Å². The van der Waals surface area contributed by atoms with Crippen LogP contribution < -0.4 is 5.32 Å². The van der Waals surface area contributed by atoms with Gasteiger partial charge < -0.3 is 5.32 Å². The van der Waals surface area contributed by atoms with Crippen LogP contribution in [0.25, 0.3) is 10.2 Å². The fraction of sp³-hybridized carbons (Fsp3) is 0.286. The number of aromatic nitrogens is 1. The van der Waals surface area contributed by atoms with Crippen LogP contribution >= 0.6 is 47.1 Å². The number of rotatable bonds is 6. The molecule has 1 fully saturated rings. The van der Waals surface area contributed by atoms with Crippen molar-refractivity contribution in [3.05, 3.63) is 24.3 Å². The van der Waals surface area contributed by atoms with Crippen LogP contribution in [-0.4, -0.2) is 50.6 Å². The first kappa shape index (κ1) is 16.7. The average molecular weight is 384 g/mol. The largest absolute Gasteiger partial charge is 0.354 e.